The minimum atomic E-state index is -2.95. The molecule has 17 heteroatoms. The second kappa shape index (κ2) is 14.6. The van der Waals surface area contributed by atoms with E-state index < -0.39 is 13.0 Å². The average molecular weight is 651 g/mol. The van der Waals surface area contributed by atoms with Gasteiger partial charge >= 0.3 is 6.61 Å². The van der Waals surface area contributed by atoms with Crippen LogP contribution >= 0.6 is 22.7 Å². The fourth-order valence-corrected chi connectivity index (χ4v) is 6.56. The number of ether oxygens (including phenoxy) is 1. The quantitative estimate of drug-likeness (QED) is 0.193. The van der Waals surface area contributed by atoms with E-state index in [1.807, 2.05) is 0 Å². The Morgan fingerprint density at radius 1 is 0.818 bits per heavy atom. The SMILES string of the molecule is O=C(Cc1ccc(CC(F)F)cn1)Nc1nnc([C@H]2CCC[C@H](c3nnc(NC(=O)Cc4ccc(OC(F)F)cn4)s3)C2)s1. The van der Waals surface area contributed by atoms with Gasteiger partial charge in [0.1, 0.15) is 15.8 Å². The molecule has 4 heterocycles. The summed E-state index contributed by atoms with van der Waals surface area (Å²) >= 11 is 2.60. The molecule has 4 aromatic heterocycles. The molecule has 0 saturated heterocycles. The van der Waals surface area contributed by atoms with Crippen LogP contribution in [0.5, 0.6) is 5.75 Å². The Bertz CT molecular complexity index is 1440. The van der Waals surface area contributed by atoms with Gasteiger partial charge in [-0.15, -0.1) is 20.4 Å². The molecule has 0 radical (unpaired) electrons. The lowest BCUT2D eigenvalue weighted by Gasteiger charge is -2.25. The molecule has 0 aliphatic heterocycles. The Morgan fingerprint density at radius 2 is 1.39 bits per heavy atom. The van der Waals surface area contributed by atoms with Crippen LogP contribution in [0.25, 0.3) is 0 Å². The molecule has 1 saturated carbocycles. The van der Waals surface area contributed by atoms with Crippen molar-refractivity contribution in [1.29, 1.82) is 0 Å². The van der Waals surface area contributed by atoms with Gasteiger partial charge in [0, 0.05) is 35.8 Å². The number of amides is 2. The van der Waals surface area contributed by atoms with E-state index in [9.17, 15) is 27.2 Å². The van der Waals surface area contributed by atoms with Crippen LogP contribution in [0, 0.1) is 0 Å². The van der Waals surface area contributed by atoms with Gasteiger partial charge in [0.05, 0.1) is 19.0 Å². The lowest BCUT2D eigenvalue weighted by Crippen LogP contribution is -2.15. The van der Waals surface area contributed by atoms with Crippen molar-refractivity contribution in [3.05, 3.63) is 63.6 Å². The molecule has 0 unspecified atom stereocenters. The summed E-state index contributed by atoms with van der Waals surface area (Å²) in [5.41, 5.74) is 1.25. The Kier molecular flexibility index (Phi) is 10.4. The summed E-state index contributed by atoms with van der Waals surface area (Å²) in [4.78, 5) is 33.0. The van der Waals surface area contributed by atoms with Gasteiger partial charge in [0.2, 0.25) is 28.5 Å². The predicted molar refractivity (Wildman–Crippen MR) is 153 cm³/mol. The highest BCUT2D eigenvalue weighted by atomic mass is 32.1. The lowest BCUT2D eigenvalue weighted by molar-refractivity contribution is -0.116. The summed E-state index contributed by atoms with van der Waals surface area (Å²) in [5, 5.41) is 24.6. The second-order valence-corrected chi connectivity index (χ2v) is 12.0. The summed E-state index contributed by atoms with van der Waals surface area (Å²) in [6, 6.07) is 5.85. The van der Waals surface area contributed by atoms with E-state index in [0.717, 1.165) is 41.9 Å². The fourth-order valence-electron chi connectivity index (χ4n) is 4.74. The van der Waals surface area contributed by atoms with Crippen LogP contribution in [0.15, 0.2) is 36.7 Å². The number of halogens is 4. The van der Waals surface area contributed by atoms with E-state index in [2.05, 4.69) is 45.7 Å². The summed E-state index contributed by atoms with van der Waals surface area (Å²) in [7, 11) is 0. The van der Waals surface area contributed by atoms with Crippen LogP contribution < -0.4 is 15.4 Å². The predicted octanol–water partition coefficient (Wildman–Crippen LogP) is 5.39. The van der Waals surface area contributed by atoms with E-state index in [1.54, 1.807) is 6.07 Å². The van der Waals surface area contributed by atoms with Gasteiger partial charge < -0.3 is 15.4 Å². The normalized spacial score (nSPS) is 16.7. The van der Waals surface area contributed by atoms with Crippen LogP contribution in [0.2, 0.25) is 0 Å². The molecular weight excluding hydrogens is 624 g/mol. The first-order chi connectivity index (χ1) is 21.2. The number of aromatic nitrogens is 6. The number of carbonyl (C=O) groups is 2. The third-order valence-electron chi connectivity index (χ3n) is 6.73. The maximum absolute atomic E-state index is 12.5. The van der Waals surface area contributed by atoms with Crippen molar-refractivity contribution in [3.63, 3.8) is 0 Å². The summed E-state index contributed by atoms with van der Waals surface area (Å²) < 4.78 is 53.9. The molecular formula is C27H26F4N8O3S2. The highest BCUT2D eigenvalue weighted by Gasteiger charge is 2.29. The molecule has 232 valence electrons. The van der Waals surface area contributed by atoms with Gasteiger partial charge in [0.25, 0.3) is 0 Å². The molecule has 2 N–H and O–H groups in total. The smallest absolute Gasteiger partial charge is 0.387 e. The van der Waals surface area contributed by atoms with Crippen molar-refractivity contribution in [2.24, 2.45) is 0 Å². The molecule has 2 atom stereocenters. The standard InChI is InChI=1S/C27H26F4N8O3S2/c28-20(29)8-14-4-5-17(32-12-14)10-21(40)34-26-38-36-23(43-26)15-2-1-3-16(9-15)24-37-39-27(44-24)35-22(41)11-18-6-7-19(13-33-18)42-25(30)31/h4-7,12-13,15-16,20,25H,1-3,8-11H2,(H,34,38,40)(H,35,39,41)/t15-,16-/m0/s1. The Labute approximate surface area is 256 Å². The van der Waals surface area contributed by atoms with Gasteiger partial charge in [0.15, 0.2) is 0 Å². The van der Waals surface area contributed by atoms with Crippen molar-refractivity contribution in [2.45, 2.75) is 69.8 Å². The largest absolute Gasteiger partial charge is 0.433 e. The number of carbonyl (C=O) groups excluding carboxylic acids is 2. The minimum Gasteiger partial charge on any atom is -0.433 e. The fraction of sp³-hybridized carbons (Fsp3) is 0.407. The molecule has 11 nitrogen and oxygen atoms in total. The number of nitrogens with one attached hydrogen (secondary N) is 2. The van der Waals surface area contributed by atoms with Crippen molar-refractivity contribution in [3.8, 4) is 5.75 Å². The van der Waals surface area contributed by atoms with Gasteiger partial charge in [-0.2, -0.15) is 8.78 Å². The zero-order valence-electron chi connectivity index (χ0n) is 23.0. The van der Waals surface area contributed by atoms with Crippen LogP contribution in [-0.2, 0) is 28.9 Å². The van der Waals surface area contributed by atoms with E-state index in [1.165, 1.54) is 47.1 Å². The number of anilines is 2. The molecule has 1 aliphatic carbocycles. The molecule has 0 spiro atoms. The summed E-state index contributed by atoms with van der Waals surface area (Å²) in [5.74, 6) is -0.564. The third-order valence-corrected chi connectivity index (χ3v) is 8.73. The maximum atomic E-state index is 12.5. The monoisotopic (exact) mass is 650 g/mol. The molecule has 1 aliphatic rings. The molecule has 5 rings (SSSR count). The van der Waals surface area contributed by atoms with Crippen LogP contribution in [-0.4, -0.2) is 55.2 Å². The number of alkyl halides is 4. The molecule has 0 bridgehead atoms. The van der Waals surface area contributed by atoms with E-state index >= 15 is 0 Å². The molecule has 4 aromatic rings. The second-order valence-electron chi connectivity index (χ2n) is 10.0. The lowest BCUT2D eigenvalue weighted by atomic mass is 9.82. The number of nitrogens with zero attached hydrogens (tertiary/aromatic N) is 6. The minimum absolute atomic E-state index is 0.0235. The Balaban J connectivity index is 1.11. The van der Waals surface area contributed by atoms with Gasteiger partial charge in [-0.1, -0.05) is 35.2 Å². The van der Waals surface area contributed by atoms with Crippen LogP contribution in [0.4, 0.5) is 27.8 Å². The van der Waals surface area contributed by atoms with Crippen molar-refractivity contribution in [2.75, 3.05) is 10.6 Å². The summed E-state index contributed by atoms with van der Waals surface area (Å²) in [6.07, 6.45) is 3.05. The zero-order chi connectivity index (χ0) is 31.1. The summed E-state index contributed by atoms with van der Waals surface area (Å²) in [6.45, 7) is -2.95. The van der Waals surface area contributed by atoms with Crippen LogP contribution in [0.3, 0.4) is 0 Å². The number of hydrogen-bond acceptors (Lipinski definition) is 11. The zero-order valence-corrected chi connectivity index (χ0v) is 24.6. The van der Waals surface area contributed by atoms with Crippen LogP contribution in [0.1, 0.15) is 64.5 Å². The average Bonchev–Trinajstić information content (AvgIpc) is 3.65. The van der Waals surface area contributed by atoms with Crippen molar-refractivity contribution < 1.29 is 31.9 Å². The molecule has 2 amide bonds. The molecule has 0 aromatic carbocycles. The Hall–Kier alpha value is -4.12. The van der Waals surface area contributed by atoms with E-state index in [0.29, 0.717) is 27.2 Å². The first kappa shape index (κ1) is 31.3. The maximum Gasteiger partial charge on any atom is 0.387 e. The van der Waals surface area contributed by atoms with E-state index in [4.69, 9.17) is 0 Å². The first-order valence-electron chi connectivity index (χ1n) is 13.6. The van der Waals surface area contributed by atoms with Gasteiger partial charge in [-0.25, -0.2) is 8.78 Å². The van der Waals surface area contributed by atoms with Gasteiger partial charge in [-0.05, 0) is 43.0 Å². The van der Waals surface area contributed by atoms with E-state index in [-0.39, 0.29) is 48.7 Å². The number of hydrogen-bond donors (Lipinski definition) is 2. The molecule has 44 heavy (non-hydrogen) atoms. The first-order valence-corrected chi connectivity index (χ1v) is 15.2. The van der Waals surface area contributed by atoms with Gasteiger partial charge in [-0.3, -0.25) is 19.6 Å². The number of rotatable bonds is 12. The third kappa shape index (κ3) is 8.95. The highest BCUT2D eigenvalue weighted by molar-refractivity contribution is 7.15. The van der Waals surface area contributed by atoms with Crippen molar-refractivity contribution in [1.82, 2.24) is 30.4 Å². The topological polar surface area (TPSA) is 145 Å². The Morgan fingerprint density at radius 3 is 1.86 bits per heavy atom. The molecule has 1 fully saturated rings. The van der Waals surface area contributed by atoms with Crippen molar-refractivity contribution >= 4 is 44.8 Å². The highest BCUT2D eigenvalue weighted by Crippen LogP contribution is 2.43. The number of pyridine rings is 2.